The van der Waals surface area contributed by atoms with Crippen molar-refractivity contribution in [2.24, 2.45) is 0 Å². The minimum absolute atomic E-state index is 0.0167. The summed E-state index contributed by atoms with van der Waals surface area (Å²) in [5, 5.41) is 9.30. The lowest BCUT2D eigenvalue weighted by atomic mass is 9.87. The molecule has 1 amide bonds. The Morgan fingerprint density at radius 2 is 1.81 bits per heavy atom. The Kier molecular flexibility index (Phi) is 8.44. The van der Waals surface area contributed by atoms with Crippen LogP contribution < -0.4 is 10.0 Å². The molecule has 2 bridgehead atoms. The van der Waals surface area contributed by atoms with Crippen molar-refractivity contribution in [1.29, 1.82) is 0 Å². The van der Waals surface area contributed by atoms with Crippen LogP contribution in [0.15, 0.2) is 42.5 Å². The van der Waals surface area contributed by atoms with Gasteiger partial charge in [0.25, 0.3) is 0 Å². The van der Waals surface area contributed by atoms with Crippen LogP contribution >= 0.6 is 11.6 Å². The van der Waals surface area contributed by atoms with Crippen LogP contribution in [0, 0.1) is 5.82 Å². The van der Waals surface area contributed by atoms with E-state index in [1.165, 1.54) is 30.2 Å². The van der Waals surface area contributed by atoms with Crippen LogP contribution in [0.5, 0.6) is 0 Å². The molecule has 2 atom stereocenters. The monoisotopic (exact) mass is 544 g/mol. The van der Waals surface area contributed by atoms with E-state index >= 15 is 0 Å². The smallest absolute Gasteiger partial charge is 0.430 e. The summed E-state index contributed by atoms with van der Waals surface area (Å²) in [5.74, 6) is -3.41. The highest BCUT2D eigenvalue weighted by atomic mass is 35.5. The standard InChI is InChI=1S/C24H29ClFN2O2.C2HF3O2/c1-27(21-11-5-10-20(26)22(21)17-7-4-8-18(25)15-17)23(29)30-16-24-13-6-9-19(12-14-24)28(24,2)3;3-2(4,5)1(6)7/h4-5,7-8,10-11,15,19H,6,9,12-14,16H2,1-3H3;(H,6,7)/q+1;/p-1. The number of fused-ring (bicyclic) bond motifs is 2. The van der Waals surface area contributed by atoms with Crippen LogP contribution in [0.4, 0.5) is 28.0 Å². The number of carboxylic acids is 1. The third-order valence-corrected chi connectivity index (χ3v) is 7.93. The molecular formula is C26H29ClF4N2O4. The molecular weight excluding hydrogens is 516 g/mol. The normalized spacial score (nSPS) is 22.0. The maximum absolute atomic E-state index is 14.8. The molecule has 2 fully saturated rings. The van der Waals surface area contributed by atoms with Crippen LogP contribution in [-0.4, -0.2) is 62.1 Å². The number of nitrogens with zero attached hydrogens (tertiary/aromatic N) is 2. The van der Waals surface area contributed by atoms with Crippen molar-refractivity contribution in [1.82, 2.24) is 0 Å². The van der Waals surface area contributed by atoms with E-state index in [4.69, 9.17) is 26.2 Å². The lowest BCUT2D eigenvalue weighted by Gasteiger charge is -2.49. The summed E-state index contributed by atoms with van der Waals surface area (Å²) >= 11 is 6.11. The van der Waals surface area contributed by atoms with Gasteiger partial charge in [0.2, 0.25) is 0 Å². The molecule has 0 saturated carbocycles. The first-order valence-corrected chi connectivity index (χ1v) is 12.1. The topological polar surface area (TPSA) is 69.7 Å². The van der Waals surface area contributed by atoms with Gasteiger partial charge in [-0.2, -0.15) is 13.2 Å². The lowest BCUT2D eigenvalue weighted by Crippen LogP contribution is -2.63. The van der Waals surface area contributed by atoms with Crippen molar-refractivity contribution in [2.75, 3.05) is 32.6 Å². The Balaban J connectivity index is 0.000000479. The molecule has 2 aliphatic rings. The second-order valence-corrected chi connectivity index (χ2v) is 10.3. The number of piperidine rings is 1. The fraction of sp³-hybridized carbons (Fsp3) is 0.462. The van der Waals surface area contributed by atoms with E-state index in [2.05, 4.69) is 14.1 Å². The number of halogens is 5. The van der Waals surface area contributed by atoms with Crippen molar-refractivity contribution in [3.8, 4) is 11.1 Å². The molecule has 2 unspecified atom stereocenters. The number of hydrogen-bond donors (Lipinski definition) is 0. The van der Waals surface area contributed by atoms with E-state index < -0.39 is 24.1 Å². The Labute approximate surface area is 218 Å². The highest BCUT2D eigenvalue weighted by molar-refractivity contribution is 6.30. The molecule has 6 nitrogen and oxygen atoms in total. The molecule has 0 N–H and O–H groups in total. The predicted octanol–water partition coefficient (Wildman–Crippen LogP) is 5.18. The average molecular weight is 545 g/mol. The van der Waals surface area contributed by atoms with Crippen molar-refractivity contribution >= 4 is 29.4 Å². The summed E-state index contributed by atoms with van der Waals surface area (Å²) in [7, 11) is 6.15. The number of alkyl halides is 3. The maximum Gasteiger partial charge on any atom is 0.430 e. The predicted molar refractivity (Wildman–Crippen MR) is 129 cm³/mol. The van der Waals surface area contributed by atoms with E-state index in [1.807, 2.05) is 0 Å². The molecule has 202 valence electrons. The molecule has 0 aliphatic carbocycles. The van der Waals surface area contributed by atoms with Crippen molar-refractivity contribution < 1.29 is 41.5 Å². The van der Waals surface area contributed by atoms with Crippen LogP contribution in [0.25, 0.3) is 11.1 Å². The van der Waals surface area contributed by atoms with Gasteiger partial charge < -0.3 is 19.1 Å². The van der Waals surface area contributed by atoms with Gasteiger partial charge in [-0.05, 0) is 42.7 Å². The van der Waals surface area contributed by atoms with Crippen LogP contribution in [0.3, 0.4) is 0 Å². The zero-order chi connectivity index (χ0) is 27.6. The highest BCUT2D eigenvalue weighted by Crippen LogP contribution is 2.48. The number of hydrogen-bond acceptors (Lipinski definition) is 4. The number of carbonyl (C=O) groups is 2. The van der Waals surface area contributed by atoms with Gasteiger partial charge in [0.05, 0.1) is 25.8 Å². The number of quaternary nitrogens is 1. The van der Waals surface area contributed by atoms with Crippen LogP contribution in [0.1, 0.15) is 32.1 Å². The molecule has 2 aromatic carbocycles. The first kappa shape index (κ1) is 28.7. The summed E-state index contributed by atoms with van der Waals surface area (Å²) in [6.45, 7) is 0.390. The first-order chi connectivity index (χ1) is 17.2. The van der Waals surface area contributed by atoms with Gasteiger partial charge in [0.1, 0.15) is 23.9 Å². The molecule has 37 heavy (non-hydrogen) atoms. The van der Waals surface area contributed by atoms with Crippen molar-refractivity contribution in [3.63, 3.8) is 0 Å². The summed E-state index contributed by atoms with van der Waals surface area (Å²) in [6.07, 6.45) is 0.101. The van der Waals surface area contributed by atoms with Gasteiger partial charge in [0, 0.05) is 36.9 Å². The van der Waals surface area contributed by atoms with Crippen LogP contribution in [-0.2, 0) is 9.53 Å². The lowest BCUT2D eigenvalue weighted by molar-refractivity contribution is -0.956. The third kappa shape index (κ3) is 6.01. The third-order valence-electron chi connectivity index (χ3n) is 7.69. The van der Waals surface area contributed by atoms with Gasteiger partial charge in [-0.15, -0.1) is 0 Å². The zero-order valence-corrected chi connectivity index (χ0v) is 21.5. The van der Waals surface area contributed by atoms with E-state index in [9.17, 15) is 22.4 Å². The van der Waals surface area contributed by atoms with Gasteiger partial charge in [-0.1, -0.05) is 29.8 Å². The maximum atomic E-state index is 14.8. The van der Waals surface area contributed by atoms with E-state index in [1.54, 1.807) is 43.4 Å². The average Bonchev–Trinajstić information content (AvgIpc) is 2.95. The van der Waals surface area contributed by atoms with Gasteiger partial charge in [0.15, 0.2) is 0 Å². The summed E-state index contributed by atoms with van der Waals surface area (Å²) in [5.41, 5.74) is 1.41. The molecule has 2 saturated heterocycles. The quantitative estimate of drug-likeness (QED) is 0.393. The van der Waals surface area contributed by atoms with Gasteiger partial charge in [-0.25, -0.2) is 9.18 Å². The highest BCUT2D eigenvalue weighted by Gasteiger charge is 2.58. The molecule has 4 rings (SSSR count). The van der Waals surface area contributed by atoms with E-state index in [-0.39, 0.29) is 5.54 Å². The number of benzene rings is 2. The van der Waals surface area contributed by atoms with Crippen molar-refractivity contribution in [3.05, 3.63) is 53.3 Å². The number of anilines is 1. The molecule has 2 heterocycles. The van der Waals surface area contributed by atoms with Gasteiger partial charge >= 0.3 is 12.3 Å². The Hall–Kier alpha value is -2.85. The van der Waals surface area contributed by atoms with Gasteiger partial charge in [-0.3, -0.25) is 4.90 Å². The largest absolute Gasteiger partial charge is 0.542 e. The number of carboxylic acid groups (broad SMARTS) is 1. The molecule has 2 aromatic rings. The molecule has 2 aliphatic heterocycles. The minimum Gasteiger partial charge on any atom is -0.542 e. The second-order valence-electron chi connectivity index (χ2n) is 9.89. The molecule has 0 radical (unpaired) electrons. The summed E-state index contributed by atoms with van der Waals surface area (Å²) in [6, 6.07) is 12.3. The Morgan fingerprint density at radius 3 is 2.43 bits per heavy atom. The SMILES string of the molecule is CN(C(=O)OCC12CCCC(CC1)[N+]2(C)C)c1cccc(F)c1-c1cccc(Cl)c1.O=C([O-])C(F)(F)F. The molecule has 11 heteroatoms. The number of ether oxygens (including phenoxy) is 1. The van der Waals surface area contributed by atoms with E-state index in [0.717, 1.165) is 17.3 Å². The summed E-state index contributed by atoms with van der Waals surface area (Å²) in [4.78, 5) is 23.2. The zero-order valence-electron chi connectivity index (χ0n) is 20.8. The molecule has 0 spiro atoms. The Bertz CT molecular complexity index is 1150. The van der Waals surface area contributed by atoms with E-state index in [0.29, 0.717) is 34.5 Å². The number of carbonyl (C=O) groups excluding carboxylic acids is 2. The fourth-order valence-electron chi connectivity index (χ4n) is 5.40. The fourth-order valence-corrected chi connectivity index (χ4v) is 5.59. The second kappa shape index (κ2) is 10.9. The Morgan fingerprint density at radius 1 is 1.16 bits per heavy atom. The number of amides is 1. The summed E-state index contributed by atoms with van der Waals surface area (Å²) < 4.78 is 53.1. The van der Waals surface area contributed by atoms with Crippen LogP contribution in [0.2, 0.25) is 5.02 Å². The molecule has 0 aromatic heterocycles. The number of likely N-dealkylation sites (N-methyl/N-ethyl adjacent to an activating group) is 1. The van der Waals surface area contributed by atoms with Crippen molar-refractivity contribution in [2.45, 2.75) is 49.9 Å². The minimum atomic E-state index is -5.19. The number of aliphatic carboxylic acids is 1. The number of rotatable bonds is 4. The first-order valence-electron chi connectivity index (χ1n) is 11.8.